The predicted molar refractivity (Wildman–Crippen MR) is 97.3 cm³/mol. The summed E-state index contributed by atoms with van der Waals surface area (Å²) in [6.07, 6.45) is 6.60. The third-order valence-electron chi connectivity index (χ3n) is 4.69. The van der Waals surface area contributed by atoms with Crippen molar-refractivity contribution in [3.8, 4) is 11.5 Å². The first kappa shape index (κ1) is 18.6. The molecule has 0 unspecified atom stereocenters. The predicted octanol–water partition coefficient (Wildman–Crippen LogP) is 2.49. The van der Waals surface area contributed by atoms with Gasteiger partial charge in [0.2, 0.25) is 0 Å². The largest absolute Gasteiger partial charge is 0.507 e. The van der Waals surface area contributed by atoms with Crippen LogP contribution in [0, 0.1) is 0 Å². The Morgan fingerprint density at radius 1 is 1.26 bits per heavy atom. The van der Waals surface area contributed by atoms with Gasteiger partial charge in [0.25, 0.3) is 5.91 Å². The van der Waals surface area contributed by atoms with Gasteiger partial charge < -0.3 is 14.7 Å². The lowest BCUT2D eigenvalue weighted by atomic mass is 10.0. The number of likely N-dealkylation sites (tertiary alicyclic amines) is 1. The van der Waals surface area contributed by atoms with Crippen molar-refractivity contribution in [2.75, 3.05) is 13.2 Å². The number of rotatable bonds is 6. The van der Waals surface area contributed by atoms with Crippen LogP contribution in [-0.4, -0.2) is 52.7 Å². The Balaban J connectivity index is 1.78. The maximum Gasteiger partial charge on any atom is 0.255 e. The maximum absolute atomic E-state index is 13.0. The molecule has 2 heterocycles. The van der Waals surface area contributed by atoms with Crippen LogP contribution < -0.4 is 4.74 Å². The number of piperidine rings is 1. The second kappa shape index (κ2) is 8.44. The minimum Gasteiger partial charge on any atom is -0.507 e. The number of benzene rings is 1. The molecule has 1 aliphatic heterocycles. The standard InChI is InChI=1S/C20H20N2O5/c23-11-14-10-21-8-7-16(14)20(26)22-9-2-1-4-15(22)13-27-19-6-3-5-18(25)17(19)12-24/h3,5-8,10-12,15,25H,1-2,4,9,13H2/t15-/m0/s1. The first-order chi connectivity index (χ1) is 13.2. The van der Waals surface area contributed by atoms with Gasteiger partial charge in [-0.2, -0.15) is 0 Å². The highest BCUT2D eigenvalue weighted by Crippen LogP contribution is 2.27. The summed E-state index contributed by atoms with van der Waals surface area (Å²) >= 11 is 0. The highest BCUT2D eigenvalue weighted by molar-refractivity contribution is 6.01. The SMILES string of the molecule is O=Cc1cnccc1C(=O)N1CCCC[C@H]1COc1cccc(O)c1C=O. The summed E-state index contributed by atoms with van der Waals surface area (Å²) in [4.78, 5) is 41.0. The normalized spacial score (nSPS) is 16.6. The van der Waals surface area contributed by atoms with Crippen LogP contribution in [0.25, 0.3) is 0 Å². The van der Waals surface area contributed by atoms with Crippen molar-refractivity contribution in [3.05, 3.63) is 53.3 Å². The number of aromatic hydroxyl groups is 1. The van der Waals surface area contributed by atoms with Gasteiger partial charge in [0.1, 0.15) is 18.1 Å². The van der Waals surface area contributed by atoms with Crippen LogP contribution in [0.15, 0.2) is 36.7 Å². The molecule has 7 heteroatoms. The molecule has 1 aliphatic rings. The van der Waals surface area contributed by atoms with Crippen LogP contribution >= 0.6 is 0 Å². The van der Waals surface area contributed by atoms with E-state index in [1.54, 1.807) is 17.0 Å². The fourth-order valence-corrected chi connectivity index (χ4v) is 3.25. The van der Waals surface area contributed by atoms with E-state index in [1.807, 2.05) is 0 Å². The van der Waals surface area contributed by atoms with Crippen molar-refractivity contribution in [1.29, 1.82) is 0 Å². The Kier molecular flexibility index (Phi) is 5.80. The van der Waals surface area contributed by atoms with Gasteiger partial charge in [-0.3, -0.25) is 19.4 Å². The van der Waals surface area contributed by atoms with Gasteiger partial charge in [-0.15, -0.1) is 0 Å². The van der Waals surface area contributed by atoms with Gasteiger partial charge in [0.05, 0.1) is 17.2 Å². The summed E-state index contributed by atoms with van der Waals surface area (Å²) in [6, 6.07) is 5.96. The van der Waals surface area contributed by atoms with E-state index in [2.05, 4.69) is 4.98 Å². The first-order valence-corrected chi connectivity index (χ1v) is 8.75. The minimum atomic E-state index is -0.237. The Bertz CT molecular complexity index is 852. The molecular weight excluding hydrogens is 348 g/mol. The lowest BCUT2D eigenvalue weighted by Gasteiger charge is -2.36. The van der Waals surface area contributed by atoms with Crippen LogP contribution in [0.4, 0.5) is 0 Å². The van der Waals surface area contributed by atoms with E-state index in [-0.39, 0.29) is 41.2 Å². The molecular formula is C20H20N2O5. The molecule has 0 bridgehead atoms. The Morgan fingerprint density at radius 2 is 2.11 bits per heavy atom. The summed E-state index contributed by atoms with van der Waals surface area (Å²) < 4.78 is 5.75. The van der Waals surface area contributed by atoms with E-state index >= 15 is 0 Å². The number of hydrogen-bond donors (Lipinski definition) is 1. The summed E-state index contributed by atoms with van der Waals surface area (Å²) in [7, 11) is 0. The van der Waals surface area contributed by atoms with Crippen LogP contribution in [0.5, 0.6) is 11.5 Å². The zero-order valence-corrected chi connectivity index (χ0v) is 14.7. The molecule has 7 nitrogen and oxygen atoms in total. The summed E-state index contributed by atoms with van der Waals surface area (Å²) in [5, 5.41) is 9.76. The molecule has 0 radical (unpaired) electrons. The van der Waals surface area contributed by atoms with Crippen molar-refractivity contribution >= 4 is 18.5 Å². The minimum absolute atomic E-state index is 0.0866. The van der Waals surface area contributed by atoms with E-state index in [4.69, 9.17) is 4.74 Å². The Hall–Kier alpha value is -3.22. The second-order valence-electron chi connectivity index (χ2n) is 6.35. The molecule has 1 saturated heterocycles. The highest BCUT2D eigenvalue weighted by Gasteiger charge is 2.29. The lowest BCUT2D eigenvalue weighted by Crippen LogP contribution is -2.47. The van der Waals surface area contributed by atoms with Crippen molar-refractivity contribution in [2.24, 2.45) is 0 Å². The molecule has 1 fully saturated rings. The van der Waals surface area contributed by atoms with E-state index < -0.39 is 0 Å². The average Bonchev–Trinajstić information content (AvgIpc) is 2.72. The average molecular weight is 368 g/mol. The number of phenols is 1. The molecule has 3 rings (SSSR count). The zero-order chi connectivity index (χ0) is 19.2. The van der Waals surface area contributed by atoms with Gasteiger partial charge in [-0.1, -0.05) is 6.07 Å². The first-order valence-electron chi connectivity index (χ1n) is 8.75. The molecule has 0 aliphatic carbocycles. The summed E-state index contributed by atoms with van der Waals surface area (Å²) in [5.74, 6) is -0.105. The molecule has 27 heavy (non-hydrogen) atoms. The fraction of sp³-hybridized carbons (Fsp3) is 0.300. The van der Waals surface area contributed by atoms with E-state index in [9.17, 15) is 19.5 Å². The number of carbonyl (C=O) groups is 3. The molecule has 0 spiro atoms. The number of phenolic OH excluding ortho intramolecular Hbond substituents is 1. The molecule has 1 aromatic carbocycles. The number of aromatic nitrogens is 1. The molecule has 1 amide bonds. The van der Waals surface area contributed by atoms with Gasteiger partial charge in [-0.05, 0) is 37.5 Å². The number of aldehydes is 2. The third-order valence-corrected chi connectivity index (χ3v) is 4.69. The number of nitrogens with zero attached hydrogens (tertiary/aromatic N) is 2. The van der Waals surface area contributed by atoms with Crippen molar-refractivity contribution in [2.45, 2.75) is 25.3 Å². The quantitative estimate of drug-likeness (QED) is 0.787. The Labute approximate surface area is 156 Å². The fourth-order valence-electron chi connectivity index (χ4n) is 3.25. The second-order valence-corrected chi connectivity index (χ2v) is 6.35. The number of ether oxygens (including phenoxy) is 1. The number of pyridine rings is 1. The van der Waals surface area contributed by atoms with E-state index in [0.717, 1.165) is 19.3 Å². The molecule has 1 aromatic heterocycles. The van der Waals surface area contributed by atoms with Crippen LogP contribution in [0.2, 0.25) is 0 Å². The van der Waals surface area contributed by atoms with Gasteiger partial charge in [0.15, 0.2) is 12.6 Å². The summed E-state index contributed by atoms with van der Waals surface area (Å²) in [6.45, 7) is 0.756. The van der Waals surface area contributed by atoms with Gasteiger partial charge in [0, 0.05) is 24.5 Å². The number of carbonyl (C=O) groups excluding carboxylic acids is 3. The molecule has 140 valence electrons. The molecule has 1 N–H and O–H groups in total. The lowest BCUT2D eigenvalue weighted by molar-refractivity contribution is 0.0525. The smallest absolute Gasteiger partial charge is 0.255 e. The van der Waals surface area contributed by atoms with Crippen LogP contribution in [0.1, 0.15) is 50.3 Å². The molecule has 0 saturated carbocycles. The zero-order valence-electron chi connectivity index (χ0n) is 14.7. The van der Waals surface area contributed by atoms with Gasteiger partial charge >= 0.3 is 0 Å². The molecule has 2 aromatic rings. The van der Waals surface area contributed by atoms with Gasteiger partial charge in [-0.25, -0.2) is 0 Å². The topological polar surface area (TPSA) is 96.8 Å². The van der Waals surface area contributed by atoms with Crippen LogP contribution in [0.3, 0.4) is 0 Å². The summed E-state index contributed by atoms with van der Waals surface area (Å²) in [5.41, 5.74) is 0.658. The number of hydrogen-bond acceptors (Lipinski definition) is 6. The van der Waals surface area contributed by atoms with Crippen LogP contribution in [-0.2, 0) is 0 Å². The van der Waals surface area contributed by atoms with Crippen molar-refractivity contribution in [3.63, 3.8) is 0 Å². The monoisotopic (exact) mass is 368 g/mol. The third kappa shape index (κ3) is 3.97. The maximum atomic E-state index is 13.0. The molecule has 1 atom stereocenters. The van der Waals surface area contributed by atoms with E-state index in [0.29, 0.717) is 24.7 Å². The number of amides is 1. The van der Waals surface area contributed by atoms with Crippen molar-refractivity contribution < 1.29 is 24.2 Å². The highest BCUT2D eigenvalue weighted by atomic mass is 16.5. The van der Waals surface area contributed by atoms with E-state index in [1.165, 1.54) is 24.5 Å². The Morgan fingerprint density at radius 3 is 2.89 bits per heavy atom. The van der Waals surface area contributed by atoms with Crippen molar-refractivity contribution in [1.82, 2.24) is 9.88 Å².